The van der Waals surface area contributed by atoms with Gasteiger partial charge in [-0.15, -0.1) is 0 Å². The first-order valence-electron chi connectivity index (χ1n) is 24.6. The summed E-state index contributed by atoms with van der Waals surface area (Å²) in [6.45, 7) is 16.4. The predicted molar refractivity (Wildman–Crippen MR) is 278 cm³/mol. The lowest BCUT2D eigenvalue weighted by Gasteiger charge is -2.42. The summed E-state index contributed by atoms with van der Waals surface area (Å²) < 4.78 is 0. The van der Waals surface area contributed by atoms with Crippen LogP contribution >= 0.6 is 0 Å². The van der Waals surface area contributed by atoms with Crippen molar-refractivity contribution in [2.45, 2.75) is 110 Å². The number of aryl methyl sites for hydroxylation is 3. The molecule has 1 heteroatoms. The zero-order valence-corrected chi connectivity index (χ0v) is 39.7. The normalized spacial score (nSPS) is 16.0. The van der Waals surface area contributed by atoms with E-state index in [0.29, 0.717) is 5.92 Å². The van der Waals surface area contributed by atoms with E-state index in [1.165, 1.54) is 121 Å². The molecule has 0 saturated heterocycles. The van der Waals surface area contributed by atoms with Crippen molar-refractivity contribution >= 4 is 11.4 Å². The van der Waals surface area contributed by atoms with Gasteiger partial charge in [0.1, 0.15) is 0 Å². The van der Waals surface area contributed by atoms with Crippen LogP contribution in [0.4, 0.5) is 11.4 Å². The van der Waals surface area contributed by atoms with E-state index in [0.717, 1.165) is 19.3 Å². The number of rotatable bonds is 13. The molecule has 0 radical (unpaired) electrons. The zero-order chi connectivity index (χ0) is 44.9. The van der Waals surface area contributed by atoms with Crippen LogP contribution in [0.1, 0.15) is 124 Å². The minimum atomic E-state index is -0.438. The lowest BCUT2D eigenvalue weighted by Crippen LogP contribution is -2.42. The fourth-order valence-electron chi connectivity index (χ4n) is 11.5. The Morgan fingerprint density at radius 1 is 0.538 bits per heavy atom. The van der Waals surface area contributed by atoms with E-state index in [1.807, 2.05) is 0 Å². The Balaban J connectivity index is 0.994. The molecule has 0 fully saturated rings. The van der Waals surface area contributed by atoms with Gasteiger partial charge in [-0.05, 0) is 172 Å². The maximum Gasteiger partial charge on any atom is 0.0713 e. The van der Waals surface area contributed by atoms with E-state index in [9.17, 15) is 0 Å². The Morgan fingerprint density at radius 2 is 1.09 bits per heavy atom. The standard InChI is InChI=1S/C64H65N/c1-8-62(6,9-2)52-33-25-45(26-34-52)46-27-35-53(36-28-46)64(60-18-14-12-16-57(60)58-17-13-15-19-61(58)64)54-37-29-47(30-38-54)48-31-40-55(41-32-48)65(63(7,10-3)11-4)56-39-20-44(5)59(43-56)51-24-22-49-21-23-50(49)42-51/h12-20,22,24-25,27-43,45H,8-11,21,23,26H2,1-7H3. The summed E-state index contributed by atoms with van der Waals surface area (Å²) in [5.41, 5.74) is 22.5. The molecule has 1 unspecified atom stereocenters. The average molecular weight is 848 g/mol. The Bertz CT molecular complexity index is 2870. The summed E-state index contributed by atoms with van der Waals surface area (Å²) in [4.78, 5) is 2.60. The Labute approximate surface area is 389 Å². The van der Waals surface area contributed by atoms with Gasteiger partial charge in [-0.3, -0.25) is 0 Å². The van der Waals surface area contributed by atoms with Gasteiger partial charge in [0.15, 0.2) is 0 Å². The molecular formula is C64H65N. The van der Waals surface area contributed by atoms with E-state index < -0.39 is 5.41 Å². The molecule has 10 rings (SSSR count). The van der Waals surface area contributed by atoms with Gasteiger partial charge in [-0.1, -0.05) is 186 Å². The second-order valence-electron chi connectivity index (χ2n) is 19.7. The van der Waals surface area contributed by atoms with Gasteiger partial charge in [0.2, 0.25) is 0 Å². The second-order valence-corrected chi connectivity index (χ2v) is 19.7. The predicted octanol–water partition coefficient (Wildman–Crippen LogP) is 17.3. The molecule has 0 saturated carbocycles. The Kier molecular flexibility index (Phi) is 11.2. The van der Waals surface area contributed by atoms with Crippen molar-refractivity contribution in [2.75, 3.05) is 4.90 Å². The summed E-state index contributed by atoms with van der Waals surface area (Å²) in [5.74, 6) is 0.389. The van der Waals surface area contributed by atoms with E-state index in [2.05, 4.69) is 229 Å². The van der Waals surface area contributed by atoms with Crippen molar-refractivity contribution in [2.24, 2.45) is 5.41 Å². The van der Waals surface area contributed by atoms with Gasteiger partial charge in [0, 0.05) is 22.8 Å². The molecule has 65 heavy (non-hydrogen) atoms. The highest BCUT2D eigenvalue weighted by atomic mass is 15.2. The highest BCUT2D eigenvalue weighted by Gasteiger charge is 2.46. The van der Waals surface area contributed by atoms with Crippen molar-refractivity contribution in [3.8, 4) is 33.4 Å². The van der Waals surface area contributed by atoms with Crippen LogP contribution in [0.5, 0.6) is 0 Å². The summed E-state index contributed by atoms with van der Waals surface area (Å²) in [7, 11) is 0. The monoisotopic (exact) mass is 848 g/mol. The maximum atomic E-state index is 2.60. The third-order valence-corrected chi connectivity index (χ3v) is 16.6. The molecule has 7 aromatic rings. The summed E-state index contributed by atoms with van der Waals surface area (Å²) >= 11 is 0. The molecule has 7 aromatic carbocycles. The number of benzene rings is 7. The van der Waals surface area contributed by atoms with Gasteiger partial charge >= 0.3 is 0 Å². The quantitative estimate of drug-likeness (QED) is 0.112. The minimum Gasteiger partial charge on any atom is -0.336 e. The van der Waals surface area contributed by atoms with Gasteiger partial charge in [0.05, 0.1) is 5.41 Å². The minimum absolute atomic E-state index is 0.0460. The SMILES string of the molecule is CCC(C)(CC)C1=CCC(c2ccc(C3(c4ccc(-c5ccc(N(c6ccc(C)c(-c7ccc8c(c7)CC8)c6)C(C)(CC)CC)cc5)cc4)c4ccccc4-c4ccccc43)cc2)C=C1. The molecule has 0 N–H and O–H groups in total. The number of anilines is 2. The van der Waals surface area contributed by atoms with E-state index in [4.69, 9.17) is 0 Å². The Hall–Kier alpha value is -6.18. The first-order chi connectivity index (χ1) is 31.6. The fourth-order valence-corrected chi connectivity index (χ4v) is 11.5. The lowest BCUT2D eigenvalue weighted by atomic mass is 9.67. The largest absolute Gasteiger partial charge is 0.336 e. The fraction of sp³-hybridized carbons (Fsp3) is 0.281. The third kappa shape index (κ3) is 7.14. The smallest absolute Gasteiger partial charge is 0.0713 e. The molecule has 0 heterocycles. The summed E-state index contributed by atoms with van der Waals surface area (Å²) in [6.07, 6.45) is 15.2. The number of fused-ring (bicyclic) bond motifs is 4. The van der Waals surface area contributed by atoms with Crippen molar-refractivity contribution in [1.29, 1.82) is 0 Å². The first-order valence-corrected chi connectivity index (χ1v) is 24.6. The maximum absolute atomic E-state index is 2.60. The van der Waals surface area contributed by atoms with E-state index in [1.54, 1.807) is 0 Å². The number of allylic oxidation sites excluding steroid dienone is 4. The van der Waals surface area contributed by atoms with Crippen LogP contribution in [-0.4, -0.2) is 5.54 Å². The number of hydrogen-bond donors (Lipinski definition) is 0. The third-order valence-electron chi connectivity index (χ3n) is 16.6. The van der Waals surface area contributed by atoms with Gasteiger partial charge < -0.3 is 4.90 Å². The molecule has 0 aliphatic heterocycles. The van der Waals surface area contributed by atoms with Crippen LogP contribution in [0.25, 0.3) is 33.4 Å². The molecule has 0 aromatic heterocycles. The first kappa shape index (κ1) is 42.8. The molecule has 0 bridgehead atoms. The molecule has 0 amide bonds. The molecular weight excluding hydrogens is 783 g/mol. The topological polar surface area (TPSA) is 3.24 Å². The van der Waals surface area contributed by atoms with Crippen molar-refractivity contribution in [1.82, 2.24) is 0 Å². The van der Waals surface area contributed by atoms with Gasteiger partial charge in [-0.2, -0.15) is 0 Å². The molecule has 3 aliphatic rings. The summed E-state index contributed by atoms with van der Waals surface area (Å²) in [5, 5.41) is 0. The Morgan fingerprint density at radius 3 is 1.63 bits per heavy atom. The van der Waals surface area contributed by atoms with Gasteiger partial charge in [-0.25, -0.2) is 0 Å². The van der Waals surface area contributed by atoms with Crippen LogP contribution in [0.15, 0.2) is 182 Å². The van der Waals surface area contributed by atoms with Crippen LogP contribution < -0.4 is 4.90 Å². The lowest BCUT2D eigenvalue weighted by molar-refractivity contribution is 0.373. The van der Waals surface area contributed by atoms with Crippen molar-refractivity contribution in [3.63, 3.8) is 0 Å². The van der Waals surface area contributed by atoms with Crippen LogP contribution in [0.3, 0.4) is 0 Å². The van der Waals surface area contributed by atoms with E-state index >= 15 is 0 Å². The van der Waals surface area contributed by atoms with Crippen molar-refractivity contribution < 1.29 is 0 Å². The van der Waals surface area contributed by atoms with Gasteiger partial charge in [0.25, 0.3) is 0 Å². The highest BCUT2D eigenvalue weighted by Crippen LogP contribution is 2.56. The van der Waals surface area contributed by atoms with Crippen LogP contribution in [0.2, 0.25) is 0 Å². The molecule has 1 nitrogen and oxygen atoms in total. The van der Waals surface area contributed by atoms with Crippen LogP contribution in [0, 0.1) is 12.3 Å². The van der Waals surface area contributed by atoms with Crippen molar-refractivity contribution in [3.05, 3.63) is 226 Å². The number of hydrogen-bond acceptors (Lipinski definition) is 1. The average Bonchev–Trinajstić information content (AvgIpc) is 3.66. The summed E-state index contributed by atoms with van der Waals surface area (Å²) in [6, 6.07) is 60.8. The van der Waals surface area contributed by atoms with Crippen LogP contribution in [-0.2, 0) is 18.3 Å². The molecule has 326 valence electrons. The molecule has 3 aliphatic carbocycles. The molecule has 0 spiro atoms. The number of nitrogens with zero attached hydrogens (tertiary/aromatic N) is 1. The highest BCUT2D eigenvalue weighted by molar-refractivity contribution is 5.86. The zero-order valence-electron chi connectivity index (χ0n) is 39.7. The van der Waals surface area contributed by atoms with E-state index in [-0.39, 0.29) is 11.0 Å². The molecule has 1 atom stereocenters. The second kappa shape index (κ2) is 17.0.